The average molecular weight is 337 g/mol. The molecule has 5 heteroatoms. The number of hydrogen-bond donors (Lipinski definition) is 2. The van der Waals surface area contributed by atoms with Crippen LogP contribution in [0.3, 0.4) is 0 Å². The zero-order valence-electron chi connectivity index (χ0n) is 14.5. The molecule has 0 aliphatic rings. The van der Waals surface area contributed by atoms with E-state index >= 15 is 0 Å². The fourth-order valence-electron chi connectivity index (χ4n) is 2.74. The lowest BCUT2D eigenvalue weighted by molar-refractivity contribution is 0.148. The molecule has 2 N–H and O–H groups in total. The lowest BCUT2D eigenvalue weighted by Gasteiger charge is -2.13. The van der Waals surface area contributed by atoms with E-state index in [4.69, 9.17) is 0 Å². The van der Waals surface area contributed by atoms with E-state index in [1.807, 2.05) is 6.92 Å². The number of aliphatic hydroxyl groups is 1. The Kier molecular flexibility index (Phi) is 13.2. The summed E-state index contributed by atoms with van der Waals surface area (Å²) < 4.78 is 31.8. The Balaban J connectivity index is 3.65. The van der Waals surface area contributed by atoms with Crippen molar-refractivity contribution < 1.29 is 18.1 Å². The molecule has 0 aromatic heterocycles. The predicted molar refractivity (Wildman–Crippen MR) is 92.7 cm³/mol. The quantitative estimate of drug-likeness (QED) is 0.335. The van der Waals surface area contributed by atoms with Gasteiger partial charge in [-0.3, -0.25) is 4.55 Å². The molecule has 4 nitrogen and oxygen atoms in total. The largest absolute Gasteiger partial charge is 0.393 e. The van der Waals surface area contributed by atoms with Gasteiger partial charge in [-0.1, -0.05) is 71.6 Å². The van der Waals surface area contributed by atoms with E-state index in [9.17, 15) is 18.1 Å². The molecule has 0 aliphatic heterocycles. The summed E-state index contributed by atoms with van der Waals surface area (Å²) in [6.07, 6.45) is 11.9. The first-order valence-corrected chi connectivity index (χ1v) is 10.6. The standard InChI is InChI=1S/C17H36O4S/c1-3-5-12-16(18)13-10-8-7-9-11-15-17(14-6-4-2)22(19,20)21/h16-18H,3-15H2,1-2H3,(H,19,20,21). The van der Waals surface area contributed by atoms with Crippen molar-refractivity contribution in [2.75, 3.05) is 0 Å². The molecular formula is C17H36O4S. The van der Waals surface area contributed by atoms with Crippen molar-refractivity contribution in [3.8, 4) is 0 Å². The van der Waals surface area contributed by atoms with Crippen LogP contribution in [0.4, 0.5) is 0 Å². The minimum absolute atomic E-state index is 0.155. The fourth-order valence-corrected chi connectivity index (χ4v) is 3.67. The molecule has 0 heterocycles. The second-order valence-corrected chi connectivity index (χ2v) is 8.12. The summed E-state index contributed by atoms with van der Waals surface area (Å²) in [6, 6.07) is 0. The summed E-state index contributed by atoms with van der Waals surface area (Å²) in [4.78, 5) is 0. The smallest absolute Gasteiger partial charge is 0.267 e. The summed E-state index contributed by atoms with van der Waals surface area (Å²) in [5.74, 6) is 0. The van der Waals surface area contributed by atoms with Crippen LogP contribution in [-0.2, 0) is 10.1 Å². The van der Waals surface area contributed by atoms with Gasteiger partial charge in [0.05, 0.1) is 11.4 Å². The molecule has 134 valence electrons. The van der Waals surface area contributed by atoms with Crippen LogP contribution in [0.25, 0.3) is 0 Å². The van der Waals surface area contributed by atoms with Gasteiger partial charge in [0.25, 0.3) is 10.1 Å². The van der Waals surface area contributed by atoms with Gasteiger partial charge in [-0.25, -0.2) is 0 Å². The van der Waals surface area contributed by atoms with E-state index in [0.29, 0.717) is 12.8 Å². The fraction of sp³-hybridized carbons (Fsp3) is 1.00. The zero-order chi connectivity index (χ0) is 16.8. The zero-order valence-corrected chi connectivity index (χ0v) is 15.3. The summed E-state index contributed by atoms with van der Waals surface area (Å²) in [7, 11) is -3.89. The van der Waals surface area contributed by atoms with E-state index in [2.05, 4.69) is 6.92 Å². The van der Waals surface area contributed by atoms with Gasteiger partial charge in [-0.15, -0.1) is 0 Å². The summed E-state index contributed by atoms with van der Waals surface area (Å²) in [6.45, 7) is 4.16. The third-order valence-corrected chi connectivity index (χ3v) is 5.57. The molecule has 2 atom stereocenters. The first kappa shape index (κ1) is 21.9. The van der Waals surface area contributed by atoms with Crippen LogP contribution in [0.2, 0.25) is 0 Å². The van der Waals surface area contributed by atoms with Crippen molar-refractivity contribution in [2.24, 2.45) is 0 Å². The molecule has 22 heavy (non-hydrogen) atoms. The molecule has 2 unspecified atom stereocenters. The molecule has 0 bridgehead atoms. The molecule has 0 saturated carbocycles. The van der Waals surface area contributed by atoms with Crippen molar-refractivity contribution in [3.63, 3.8) is 0 Å². The highest BCUT2D eigenvalue weighted by Gasteiger charge is 2.21. The molecule has 0 amide bonds. The third-order valence-electron chi connectivity index (χ3n) is 4.26. The van der Waals surface area contributed by atoms with E-state index in [-0.39, 0.29) is 6.10 Å². The highest BCUT2D eigenvalue weighted by Crippen LogP contribution is 2.18. The van der Waals surface area contributed by atoms with Crippen molar-refractivity contribution in [3.05, 3.63) is 0 Å². The van der Waals surface area contributed by atoms with E-state index in [1.54, 1.807) is 0 Å². The minimum atomic E-state index is -3.89. The van der Waals surface area contributed by atoms with Crippen LogP contribution in [0.1, 0.15) is 97.3 Å². The van der Waals surface area contributed by atoms with Gasteiger partial charge < -0.3 is 5.11 Å². The lowest BCUT2D eigenvalue weighted by atomic mass is 10.0. The SMILES string of the molecule is CCCCC(O)CCCCCCCC(CCCC)S(=O)(=O)O. The van der Waals surface area contributed by atoms with Crippen molar-refractivity contribution in [1.82, 2.24) is 0 Å². The number of unbranched alkanes of at least 4 members (excludes halogenated alkanes) is 6. The monoisotopic (exact) mass is 336 g/mol. The summed E-state index contributed by atoms with van der Waals surface area (Å²) in [5, 5.41) is 9.15. The molecule has 0 radical (unpaired) electrons. The Labute approximate surface area is 137 Å². The Bertz CT molecular complexity index is 341. The van der Waals surface area contributed by atoms with Gasteiger partial charge >= 0.3 is 0 Å². The van der Waals surface area contributed by atoms with Crippen LogP contribution >= 0.6 is 0 Å². The summed E-state index contributed by atoms with van der Waals surface area (Å²) in [5.41, 5.74) is 0. The van der Waals surface area contributed by atoms with Gasteiger partial charge in [0, 0.05) is 0 Å². The normalized spacial score (nSPS) is 14.9. The van der Waals surface area contributed by atoms with E-state index in [1.165, 1.54) is 0 Å². The summed E-state index contributed by atoms with van der Waals surface area (Å²) >= 11 is 0. The first-order valence-electron chi connectivity index (χ1n) is 9.06. The minimum Gasteiger partial charge on any atom is -0.393 e. The number of hydrogen-bond acceptors (Lipinski definition) is 3. The average Bonchev–Trinajstić information content (AvgIpc) is 2.45. The maximum Gasteiger partial charge on any atom is 0.267 e. The molecule has 0 spiro atoms. The maximum absolute atomic E-state index is 11.3. The molecule has 0 fully saturated rings. The third kappa shape index (κ3) is 12.4. The molecule has 0 rings (SSSR count). The van der Waals surface area contributed by atoms with Crippen LogP contribution in [0.15, 0.2) is 0 Å². The highest BCUT2D eigenvalue weighted by atomic mass is 32.2. The van der Waals surface area contributed by atoms with E-state index < -0.39 is 15.4 Å². The van der Waals surface area contributed by atoms with E-state index in [0.717, 1.165) is 70.6 Å². The Morgan fingerprint density at radius 1 is 0.727 bits per heavy atom. The highest BCUT2D eigenvalue weighted by molar-refractivity contribution is 7.86. The predicted octanol–water partition coefficient (Wildman–Crippen LogP) is 4.71. The van der Waals surface area contributed by atoms with Crippen molar-refractivity contribution in [1.29, 1.82) is 0 Å². The molecule has 0 aromatic rings. The van der Waals surface area contributed by atoms with Crippen LogP contribution in [-0.4, -0.2) is 29.4 Å². The number of rotatable bonds is 15. The van der Waals surface area contributed by atoms with Crippen LogP contribution in [0.5, 0.6) is 0 Å². The molecule has 0 aromatic carbocycles. The first-order chi connectivity index (χ1) is 10.4. The Hall–Kier alpha value is -0.130. The van der Waals surface area contributed by atoms with Gasteiger partial charge in [0.2, 0.25) is 0 Å². The van der Waals surface area contributed by atoms with Crippen molar-refractivity contribution in [2.45, 2.75) is 109 Å². The molecule has 0 saturated heterocycles. The van der Waals surface area contributed by atoms with Gasteiger partial charge in [-0.05, 0) is 25.7 Å². The van der Waals surface area contributed by atoms with Crippen LogP contribution in [0, 0.1) is 0 Å². The molecular weight excluding hydrogens is 300 g/mol. The van der Waals surface area contributed by atoms with Gasteiger partial charge in [-0.2, -0.15) is 8.42 Å². The number of aliphatic hydroxyl groups excluding tert-OH is 1. The van der Waals surface area contributed by atoms with Crippen molar-refractivity contribution >= 4 is 10.1 Å². The second-order valence-electron chi connectivity index (χ2n) is 6.42. The van der Waals surface area contributed by atoms with Crippen LogP contribution < -0.4 is 0 Å². The second kappa shape index (κ2) is 13.3. The molecule has 0 aliphatic carbocycles. The Morgan fingerprint density at radius 3 is 1.68 bits per heavy atom. The maximum atomic E-state index is 11.3. The van der Waals surface area contributed by atoms with Gasteiger partial charge in [0.15, 0.2) is 0 Å². The van der Waals surface area contributed by atoms with Gasteiger partial charge in [0.1, 0.15) is 0 Å². The topological polar surface area (TPSA) is 74.6 Å². The Morgan fingerprint density at radius 2 is 1.14 bits per heavy atom. The lowest BCUT2D eigenvalue weighted by Crippen LogP contribution is -2.20.